The highest BCUT2D eigenvalue weighted by Crippen LogP contribution is 1.81. The highest BCUT2D eigenvalue weighted by atomic mass is 14.8. The second-order valence-electron chi connectivity index (χ2n) is 3.18. The zero-order valence-electron chi connectivity index (χ0n) is 7.65. The summed E-state index contributed by atoms with van der Waals surface area (Å²) in [6.45, 7) is 10.7. The summed E-state index contributed by atoms with van der Waals surface area (Å²) in [5.74, 6) is 0.833. The summed E-state index contributed by atoms with van der Waals surface area (Å²) in [6.07, 6.45) is 0. The predicted molar refractivity (Wildman–Crippen MR) is 44.7 cm³/mol. The third-order valence-electron chi connectivity index (χ3n) is 0.577. The van der Waals surface area contributed by atoms with Crippen molar-refractivity contribution >= 4 is 0 Å². The van der Waals surface area contributed by atoms with Gasteiger partial charge in [-0.05, 0) is 13.0 Å². The molecule has 0 radical (unpaired) electrons. The van der Waals surface area contributed by atoms with Crippen LogP contribution in [0.15, 0.2) is 0 Å². The highest BCUT2D eigenvalue weighted by Gasteiger charge is 1.76. The molecule has 9 heavy (non-hydrogen) atoms. The highest BCUT2D eigenvalue weighted by molar-refractivity contribution is 4.40. The molecule has 0 saturated heterocycles. The normalized spacial score (nSPS) is 9.33. The quantitative estimate of drug-likeness (QED) is 0.575. The van der Waals surface area contributed by atoms with Crippen molar-refractivity contribution in [2.75, 3.05) is 7.05 Å². The van der Waals surface area contributed by atoms with E-state index in [1.54, 1.807) is 0 Å². The van der Waals surface area contributed by atoms with E-state index in [2.05, 4.69) is 39.9 Å². The average Bonchev–Trinajstić information content (AvgIpc) is 1.65. The van der Waals surface area contributed by atoms with E-state index < -0.39 is 0 Å². The Morgan fingerprint density at radius 1 is 0.889 bits per heavy atom. The lowest BCUT2D eigenvalue weighted by molar-refractivity contribution is 0.668. The van der Waals surface area contributed by atoms with Gasteiger partial charge >= 0.3 is 0 Å². The van der Waals surface area contributed by atoms with E-state index in [9.17, 15) is 0 Å². The van der Waals surface area contributed by atoms with Gasteiger partial charge in [0.15, 0.2) is 0 Å². The van der Waals surface area contributed by atoms with Gasteiger partial charge in [0.25, 0.3) is 0 Å². The first-order valence-electron chi connectivity index (χ1n) is 3.68. The third-order valence-corrected chi connectivity index (χ3v) is 0.577. The standard InChI is InChI=1S/C4H11N.C4H10/c1-4(2)5-3;1-4(2)3/h4-5H,1-3H3;4H,1-3H3. The SMILES string of the molecule is CC(C)C.CNC(C)C. The maximum Gasteiger partial charge on any atom is 0.000733 e. The van der Waals surface area contributed by atoms with Crippen LogP contribution in [0.5, 0.6) is 0 Å². The lowest BCUT2D eigenvalue weighted by Gasteiger charge is -1.95. The lowest BCUT2D eigenvalue weighted by atomic mass is 10.3. The van der Waals surface area contributed by atoms with Gasteiger partial charge in [0.2, 0.25) is 0 Å². The summed E-state index contributed by atoms with van der Waals surface area (Å²) in [4.78, 5) is 0. The Bertz CT molecular complexity index is 37.1. The van der Waals surface area contributed by atoms with Gasteiger partial charge in [-0.25, -0.2) is 0 Å². The van der Waals surface area contributed by atoms with Gasteiger partial charge < -0.3 is 5.32 Å². The zero-order chi connectivity index (χ0) is 7.86. The third kappa shape index (κ3) is 73.6. The molecule has 0 spiro atoms. The Labute approximate surface area is 59.8 Å². The summed E-state index contributed by atoms with van der Waals surface area (Å²) >= 11 is 0. The van der Waals surface area contributed by atoms with Gasteiger partial charge in [0, 0.05) is 6.04 Å². The van der Waals surface area contributed by atoms with Gasteiger partial charge in [-0.3, -0.25) is 0 Å². The molecule has 1 nitrogen and oxygen atoms in total. The zero-order valence-corrected chi connectivity index (χ0v) is 7.65. The lowest BCUT2D eigenvalue weighted by Crippen LogP contribution is -2.15. The van der Waals surface area contributed by atoms with Gasteiger partial charge in [0.05, 0.1) is 0 Å². The Morgan fingerprint density at radius 2 is 1.00 bits per heavy atom. The largest absolute Gasteiger partial charge is 0.318 e. The predicted octanol–water partition coefficient (Wildman–Crippen LogP) is 2.28. The van der Waals surface area contributed by atoms with E-state index in [-0.39, 0.29) is 0 Å². The first-order chi connectivity index (χ1) is 4.00. The van der Waals surface area contributed by atoms with Crippen LogP contribution in [0.1, 0.15) is 34.6 Å². The molecule has 58 valence electrons. The maximum absolute atomic E-state index is 3.03. The molecule has 0 aromatic carbocycles. The first kappa shape index (κ1) is 11.7. The summed E-state index contributed by atoms with van der Waals surface area (Å²) < 4.78 is 0. The Kier molecular flexibility index (Phi) is 10.4. The molecule has 0 amide bonds. The van der Waals surface area contributed by atoms with Crippen LogP contribution >= 0.6 is 0 Å². The second-order valence-corrected chi connectivity index (χ2v) is 3.18. The molecule has 1 N–H and O–H groups in total. The fraction of sp³-hybridized carbons (Fsp3) is 1.00. The minimum Gasteiger partial charge on any atom is -0.318 e. The van der Waals surface area contributed by atoms with Crippen LogP contribution in [0.4, 0.5) is 0 Å². The van der Waals surface area contributed by atoms with Crippen molar-refractivity contribution in [3.8, 4) is 0 Å². The van der Waals surface area contributed by atoms with E-state index in [0.29, 0.717) is 6.04 Å². The van der Waals surface area contributed by atoms with Crippen LogP contribution < -0.4 is 5.32 Å². The summed E-state index contributed by atoms with van der Waals surface area (Å²) in [7, 11) is 1.95. The van der Waals surface area contributed by atoms with Crippen molar-refractivity contribution in [3.63, 3.8) is 0 Å². The molecular weight excluding hydrogens is 110 g/mol. The summed E-state index contributed by atoms with van der Waals surface area (Å²) in [5, 5.41) is 3.03. The molecule has 0 aromatic heterocycles. The van der Waals surface area contributed by atoms with Crippen molar-refractivity contribution in [3.05, 3.63) is 0 Å². The first-order valence-corrected chi connectivity index (χ1v) is 3.68. The molecule has 0 aliphatic carbocycles. The van der Waals surface area contributed by atoms with Crippen LogP contribution in [0.3, 0.4) is 0 Å². The van der Waals surface area contributed by atoms with Crippen molar-refractivity contribution in [2.24, 2.45) is 5.92 Å². The summed E-state index contributed by atoms with van der Waals surface area (Å²) in [5.41, 5.74) is 0. The molecule has 0 aliphatic heterocycles. The minimum atomic E-state index is 0.634. The van der Waals surface area contributed by atoms with E-state index in [1.165, 1.54) is 0 Å². The fourth-order valence-corrected chi connectivity index (χ4v) is 0. The van der Waals surface area contributed by atoms with Gasteiger partial charge in [0.1, 0.15) is 0 Å². The topological polar surface area (TPSA) is 12.0 Å². The van der Waals surface area contributed by atoms with Crippen molar-refractivity contribution in [1.82, 2.24) is 5.32 Å². The molecule has 0 atom stereocenters. The molecular formula is C8H21N. The Balaban J connectivity index is 0. The van der Waals surface area contributed by atoms with E-state index in [0.717, 1.165) is 5.92 Å². The molecule has 0 rings (SSSR count). The van der Waals surface area contributed by atoms with Crippen molar-refractivity contribution in [1.29, 1.82) is 0 Å². The number of rotatable bonds is 1. The number of hydrogen-bond donors (Lipinski definition) is 1. The van der Waals surface area contributed by atoms with Gasteiger partial charge in [-0.2, -0.15) is 0 Å². The minimum absolute atomic E-state index is 0.634. The van der Waals surface area contributed by atoms with Crippen LogP contribution in [0.2, 0.25) is 0 Å². The molecule has 0 aliphatic rings. The molecule has 0 fully saturated rings. The Hall–Kier alpha value is -0.0400. The van der Waals surface area contributed by atoms with Crippen LogP contribution in [-0.2, 0) is 0 Å². The molecule has 0 bridgehead atoms. The molecule has 0 aromatic rings. The van der Waals surface area contributed by atoms with Crippen LogP contribution in [0.25, 0.3) is 0 Å². The number of hydrogen-bond acceptors (Lipinski definition) is 1. The van der Waals surface area contributed by atoms with Gasteiger partial charge in [-0.1, -0.05) is 34.6 Å². The van der Waals surface area contributed by atoms with Crippen molar-refractivity contribution < 1.29 is 0 Å². The van der Waals surface area contributed by atoms with Crippen molar-refractivity contribution in [2.45, 2.75) is 40.7 Å². The molecule has 0 unspecified atom stereocenters. The van der Waals surface area contributed by atoms with E-state index >= 15 is 0 Å². The van der Waals surface area contributed by atoms with Crippen LogP contribution in [-0.4, -0.2) is 13.1 Å². The second kappa shape index (κ2) is 7.96. The Morgan fingerprint density at radius 3 is 1.00 bits per heavy atom. The molecule has 0 heterocycles. The van der Waals surface area contributed by atoms with E-state index in [1.807, 2.05) is 7.05 Å². The van der Waals surface area contributed by atoms with E-state index in [4.69, 9.17) is 0 Å². The average molecular weight is 131 g/mol. The molecule has 1 heteroatoms. The fourth-order valence-electron chi connectivity index (χ4n) is 0. The van der Waals surface area contributed by atoms with Crippen LogP contribution in [0, 0.1) is 5.92 Å². The summed E-state index contributed by atoms with van der Waals surface area (Å²) in [6, 6.07) is 0.634. The monoisotopic (exact) mass is 131 g/mol. The smallest absolute Gasteiger partial charge is 0.000733 e. The number of nitrogens with one attached hydrogen (secondary N) is 1. The van der Waals surface area contributed by atoms with Gasteiger partial charge in [-0.15, -0.1) is 0 Å². The molecule has 0 saturated carbocycles. The maximum atomic E-state index is 3.03.